The lowest BCUT2D eigenvalue weighted by Crippen LogP contribution is -2.39. The van der Waals surface area contributed by atoms with E-state index in [2.05, 4.69) is 45.7 Å². The SMILES string of the molecule is BOC=NCCN(CC(=O)O)C(=O)Cn1cc(CSSC(C)(C)C)c2c(/N=C\N)nc(/N=C/N)nc21. The largest absolute Gasteiger partial charge is 0.560 e. The molecule has 2 aromatic rings. The molecule has 0 bridgehead atoms. The van der Waals surface area contributed by atoms with E-state index in [4.69, 9.17) is 16.1 Å². The molecule has 2 rings (SSSR count). The monoisotopic (exact) mass is 535 g/mol. The van der Waals surface area contributed by atoms with Crippen molar-refractivity contribution in [3.63, 3.8) is 0 Å². The molecule has 5 N–H and O–H groups in total. The first kappa shape index (κ1) is 29.0. The molecular formula is C20H30BN9O4S2. The molecule has 0 atom stereocenters. The molecule has 0 unspecified atom stereocenters. The van der Waals surface area contributed by atoms with E-state index in [1.54, 1.807) is 32.4 Å². The van der Waals surface area contributed by atoms with Crippen molar-refractivity contribution in [1.82, 2.24) is 19.4 Å². The molecule has 194 valence electrons. The molecule has 2 aromatic heterocycles. The van der Waals surface area contributed by atoms with Crippen molar-refractivity contribution in [2.45, 2.75) is 37.8 Å². The third-order valence-electron chi connectivity index (χ3n) is 4.34. The van der Waals surface area contributed by atoms with Gasteiger partial charge >= 0.3 is 14.0 Å². The number of carboxylic acids is 1. The van der Waals surface area contributed by atoms with Crippen molar-refractivity contribution in [1.29, 1.82) is 0 Å². The Labute approximate surface area is 217 Å². The Kier molecular flexibility index (Phi) is 11.0. The number of carboxylic acid groups (broad SMARTS) is 1. The Morgan fingerprint density at radius 2 is 2.00 bits per heavy atom. The molecule has 13 nitrogen and oxygen atoms in total. The van der Waals surface area contributed by atoms with Gasteiger partial charge in [0.25, 0.3) is 5.95 Å². The van der Waals surface area contributed by atoms with E-state index in [0.29, 0.717) is 22.6 Å². The van der Waals surface area contributed by atoms with Gasteiger partial charge < -0.3 is 30.7 Å². The number of carbonyl (C=O) groups excluding carboxylic acids is 1. The highest BCUT2D eigenvalue weighted by Gasteiger charge is 2.22. The second kappa shape index (κ2) is 13.7. The van der Waals surface area contributed by atoms with E-state index in [1.165, 1.54) is 19.3 Å². The third kappa shape index (κ3) is 8.75. The molecule has 2 heterocycles. The summed E-state index contributed by atoms with van der Waals surface area (Å²) in [6, 6.07) is 0. The lowest BCUT2D eigenvalue weighted by atomic mass is 10.2. The zero-order valence-electron chi connectivity index (χ0n) is 20.6. The van der Waals surface area contributed by atoms with Gasteiger partial charge in [-0.2, -0.15) is 9.97 Å². The lowest BCUT2D eigenvalue weighted by Gasteiger charge is -2.20. The van der Waals surface area contributed by atoms with Crippen molar-refractivity contribution in [3.05, 3.63) is 11.8 Å². The van der Waals surface area contributed by atoms with Crippen LogP contribution in [0.4, 0.5) is 11.8 Å². The molecule has 0 saturated heterocycles. The van der Waals surface area contributed by atoms with Crippen LogP contribution in [0.15, 0.2) is 21.2 Å². The molecule has 0 aliphatic rings. The Hall–Kier alpha value is -3.27. The number of amides is 1. The van der Waals surface area contributed by atoms with Gasteiger partial charge in [-0.1, -0.05) is 42.4 Å². The zero-order chi connectivity index (χ0) is 26.7. The first-order valence-corrected chi connectivity index (χ1v) is 13.1. The number of fused-ring (bicyclic) bond motifs is 1. The summed E-state index contributed by atoms with van der Waals surface area (Å²) in [6.45, 7) is 6.02. The fourth-order valence-corrected chi connectivity index (χ4v) is 5.41. The maximum absolute atomic E-state index is 13.1. The highest BCUT2D eigenvalue weighted by atomic mass is 33.1. The molecule has 0 aliphatic carbocycles. The van der Waals surface area contributed by atoms with Gasteiger partial charge in [-0.15, -0.1) is 0 Å². The lowest BCUT2D eigenvalue weighted by molar-refractivity contribution is -0.144. The summed E-state index contributed by atoms with van der Waals surface area (Å²) in [7, 11) is 4.81. The van der Waals surface area contributed by atoms with Crippen LogP contribution in [-0.2, 0) is 26.5 Å². The van der Waals surface area contributed by atoms with E-state index in [0.717, 1.165) is 18.2 Å². The van der Waals surface area contributed by atoms with Gasteiger partial charge in [0.2, 0.25) is 5.91 Å². The number of hydrogen-bond acceptors (Lipinski definition) is 10. The van der Waals surface area contributed by atoms with Crippen LogP contribution in [-0.4, -0.2) is 87.9 Å². The standard InChI is InChI=1S/C20H30BN9O4S2/c1-20(2,3)36-35-9-13-6-30(7-14(31)29(8-15(32)33)5-4-24-12-34-21)18-16(13)17(25-10-22)27-19(28-18)26-11-23/h6,10-12H,4-5,7-9,21H2,1-3H3,(H,32,33)(H4,22,23,25,26,27,28). The van der Waals surface area contributed by atoms with Gasteiger partial charge in [0, 0.05) is 23.2 Å². The Morgan fingerprint density at radius 1 is 1.28 bits per heavy atom. The van der Waals surface area contributed by atoms with Crippen molar-refractivity contribution < 1.29 is 19.3 Å². The van der Waals surface area contributed by atoms with E-state index in [-0.39, 0.29) is 30.3 Å². The number of carbonyl (C=O) groups is 2. The second-order valence-corrected chi connectivity index (χ2v) is 11.4. The van der Waals surface area contributed by atoms with Crippen molar-refractivity contribution >= 4 is 83.4 Å². The van der Waals surface area contributed by atoms with Crippen LogP contribution in [0, 0.1) is 0 Å². The highest BCUT2D eigenvalue weighted by Crippen LogP contribution is 2.40. The molecule has 0 fully saturated rings. The summed E-state index contributed by atoms with van der Waals surface area (Å²) in [5, 5.41) is 9.91. The summed E-state index contributed by atoms with van der Waals surface area (Å²) in [5.41, 5.74) is 12.2. The minimum Gasteiger partial charge on any atom is -0.560 e. The van der Waals surface area contributed by atoms with Crippen LogP contribution in [0.2, 0.25) is 0 Å². The first-order chi connectivity index (χ1) is 17.1. The third-order valence-corrected chi connectivity index (χ3v) is 7.59. The van der Waals surface area contributed by atoms with Gasteiger partial charge in [0.15, 0.2) is 12.2 Å². The normalized spacial score (nSPS) is 12.3. The Morgan fingerprint density at radius 3 is 2.61 bits per heavy atom. The number of aromatic nitrogens is 3. The molecule has 36 heavy (non-hydrogen) atoms. The molecule has 0 aliphatic heterocycles. The average molecular weight is 535 g/mol. The van der Waals surface area contributed by atoms with E-state index in [9.17, 15) is 14.7 Å². The number of nitrogens with two attached hydrogens (primary N) is 2. The number of aliphatic imine (C=N–C) groups is 3. The van der Waals surface area contributed by atoms with Gasteiger partial charge in [0.1, 0.15) is 18.7 Å². The van der Waals surface area contributed by atoms with E-state index >= 15 is 0 Å². The average Bonchev–Trinajstić information content (AvgIpc) is 3.12. The molecule has 0 saturated carbocycles. The van der Waals surface area contributed by atoms with Crippen molar-refractivity contribution in [3.8, 4) is 0 Å². The first-order valence-electron chi connectivity index (χ1n) is 10.8. The van der Waals surface area contributed by atoms with Gasteiger partial charge in [-0.3, -0.25) is 14.6 Å². The minimum atomic E-state index is -1.13. The predicted molar refractivity (Wildman–Crippen MR) is 148 cm³/mol. The summed E-state index contributed by atoms with van der Waals surface area (Å²) >= 11 is 0. The predicted octanol–water partition coefficient (Wildman–Crippen LogP) is 0.854. The van der Waals surface area contributed by atoms with Crippen LogP contribution < -0.4 is 11.5 Å². The quantitative estimate of drug-likeness (QED) is 0.144. The Bertz CT molecular complexity index is 1150. The van der Waals surface area contributed by atoms with E-state index < -0.39 is 18.4 Å². The van der Waals surface area contributed by atoms with Crippen LogP contribution >= 0.6 is 21.6 Å². The summed E-state index contributed by atoms with van der Waals surface area (Å²) in [4.78, 5) is 46.6. The topological polar surface area (TPSA) is 187 Å². The molecular weight excluding hydrogens is 505 g/mol. The molecule has 0 spiro atoms. The second-order valence-electron chi connectivity index (χ2n) is 8.30. The maximum Gasteiger partial charge on any atom is 0.323 e. The fraction of sp³-hybridized carbons (Fsp3) is 0.450. The van der Waals surface area contributed by atoms with Crippen LogP contribution in [0.5, 0.6) is 0 Å². The van der Waals surface area contributed by atoms with Crippen molar-refractivity contribution in [2.24, 2.45) is 26.4 Å². The maximum atomic E-state index is 13.1. The number of hydrogen-bond donors (Lipinski definition) is 3. The number of rotatable bonds is 13. The Balaban J connectivity index is 2.49. The summed E-state index contributed by atoms with van der Waals surface area (Å²) in [5.74, 6) is -0.621. The fourth-order valence-electron chi connectivity index (χ4n) is 3.03. The van der Waals surface area contributed by atoms with Gasteiger partial charge in [0.05, 0.1) is 24.6 Å². The van der Waals surface area contributed by atoms with Crippen molar-refractivity contribution in [2.75, 3.05) is 19.6 Å². The van der Waals surface area contributed by atoms with Gasteiger partial charge in [-0.25, -0.2) is 9.98 Å². The van der Waals surface area contributed by atoms with Crippen LogP contribution in [0.3, 0.4) is 0 Å². The van der Waals surface area contributed by atoms with Crippen LogP contribution in [0.25, 0.3) is 11.0 Å². The number of nitrogens with zero attached hydrogens (tertiary/aromatic N) is 7. The summed E-state index contributed by atoms with van der Waals surface area (Å²) in [6.07, 6.45) is 5.21. The van der Waals surface area contributed by atoms with Gasteiger partial charge in [-0.05, 0) is 5.56 Å². The molecule has 1 amide bonds. The highest BCUT2D eigenvalue weighted by molar-refractivity contribution is 8.76. The van der Waals surface area contributed by atoms with Crippen LogP contribution in [0.1, 0.15) is 26.3 Å². The minimum absolute atomic E-state index is 0.0411. The summed E-state index contributed by atoms with van der Waals surface area (Å²) < 4.78 is 6.43. The van der Waals surface area contributed by atoms with E-state index in [1.807, 2.05) is 0 Å². The smallest absolute Gasteiger partial charge is 0.323 e. The molecule has 0 aromatic carbocycles. The number of aliphatic carboxylic acids is 1. The zero-order valence-corrected chi connectivity index (χ0v) is 22.3. The molecule has 16 heteroatoms. The molecule has 0 radical (unpaired) electrons.